The van der Waals surface area contributed by atoms with E-state index in [1.807, 2.05) is 29.8 Å². The Morgan fingerprint density at radius 2 is 2.00 bits per heavy atom. The van der Waals surface area contributed by atoms with Crippen LogP contribution in [0.25, 0.3) is 15.9 Å². The topological polar surface area (TPSA) is 79.8 Å². The van der Waals surface area contributed by atoms with E-state index in [0.717, 1.165) is 49.6 Å². The molecule has 1 N–H and O–H groups in total. The van der Waals surface area contributed by atoms with Crippen molar-refractivity contribution in [1.82, 2.24) is 14.5 Å². The molecule has 188 valence electrons. The molecular formula is C28H31ClN4O3. The van der Waals surface area contributed by atoms with Gasteiger partial charge >= 0.3 is 5.97 Å². The Morgan fingerprint density at radius 3 is 2.67 bits per heavy atom. The molecule has 1 aliphatic rings. The number of Topliss-reactive ketones (excluding diaryl/α,β-unsaturated/α-hetero) is 1. The van der Waals surface area contributed by atoms with E-state index in [1.165, 1.54) is 5.56 Å². The minimum absolute atomic E-state index is 0.0532. The fourth-order valence-corrected chi connectivity index (χ4v) is 5.56. The summed E-state index contributed by atoms with van der Waals surface area (Å²) in [6, 6.07) is 9.72. The highest BCUT2D eigenvalue weighted by atomic mass is 35.5. The van der Waals surface area contributed by atoms with Gasteiger partial charge in [0.05, 0.1) is 6.57 Å². The number of rotatable bonds is 9. The van der Waals surface area contributed by atoms with E-state index in [0.29, 0.717) is 22.3 Å². The number of aliphatic carboxylic acids is 1. The third-order valence-electron chi connectivity index (χ3n) is 7.10. The van der Waals surface area contributed by atoms with Crippen LogP contribution < -0.4 is 0 Å². The molecule has 1 fully saturated rings. The Hall–Kier alpha value is -3.21. The summed E-state index contributed by atoms with van der Waals surface area (Å²) in [5, 5.41) is 10.6. The first-order valence-corrected chi connectivity index (χ1v) is 12.7. The molecule has 3 heterocycles. The van der Waals surface area contributed by atoms with Gasteiger partial charge in [0, 0.05) is 60.2 Å². The lowest BCUT2D eigenvalue weighted by atomic mass is 9.87. The molecule has 1 aromatic carbocycles. The number of nitrogens with zero attached hydrogens (tertiary/aromatic N) is 4. The molecule has 0 bridgehead atoms. The number of carbonyl (C=O) groups is 2. The van der Waals surface area contributed by atoms with Crippen LogP contribution in [0.15, 0.2) is 36.5 Å². The Kier molecular flexibility index (Phi) is 8.07. The molecule has 8 heteroatoms. The van der Waals surface area contributed by atoms with Gasteiger partial charge in [0.1, 0.15) is 5.65 Å². The number of carboxylic acids is 1. The lowest BCUT2D eigenvalue weighted by molar-refractivity contribution is -0.137. The third-order valence-corrected chi connectivity index (χ3v) is 7.34. The molecule has 1 unspecified atom stereocenters. The molecule has 2 aromatic heterocycles. The predicted octanol–water partition coefficient (Wildman–Crippen LogP) is 5.88. The van der Waals surface area contributed by atoms with E-state index in [9.17, 15) is 9.59 Å². The van der Waals surface area contributed by atoms with E-state index in [-0.39, 0.29) is 30.5 Å². The van der Waals surface area contributed by atoms with Gasteiger partial charge in [-0.3, -0.25) is 9.59 Å². The Bertz CT molecular complexity index is 1320. The summed E-state index contributed by atoms with van der Waals surface area (Å²) in [6.07, 6.45) is 4.41. The first-order chi connectivity index (χ1) is 17.3. The molecular weight excluding hydrogens is 476 g/mol. The number of carboxylic acid groups (broad SMARTS) is 1. The average molecular weight is 507 g/mol. The van der Waals surface area contributed by atoms with Crippen molar-refractivity contribution in [3.8, 4) is 0 Å². The quantitative estimate of drug-likeness (QED) is 0.289. The number of halogens is 1. The molecule has 36 heavy (non-hydrogen) atoms. The zero-order valence-corrected chi connectivity index (χ0v) is 21.5. The number of hydrogen-bond acceptors (Lipinski definition) is 4. The number of benzene rings is 1. The van der Waals surface area contributed by atoms with Crippen LogP contribution in [0, 0.1) is 12.5 Å². The SMILES string of the molecule is [C-]#[N+]c1cnc2c(c1)c(C(=O)CC(C)CC(=O)O)c(C1CCN(CCc3cccc(Cl)c3)CC1)n2C. The predicted molar refractivity (Wildman–Crippen MR) is 141 cm³/mol. The van der Waals surface area contributed by atoms with Crippen LogP contribution in [0.2, 0.25) is 5.02 Å². The van der Waals surface area contributed by atoms with Crippen LogP contribution in [0.5, 0.6) is 0 Å². The smallest absolute Gasteiger partial charge is 0.303 e. The number of pyridine rings is 1. The van der Waals surface area contributed by atoms with Crippen molar-refractivity contribution >= 4 is 40.1 Å². The maximum Gasteiger partial charge on any atom is 0.303 e. The molecule has 0 radical (unpaired) electrons. The van der Waals surface area contributed by atoms with Gasteiger partial charge in [0.25, 0.3) is 0 Å². The molecule has 1 saturated heterocycles. The molecule has 7 nitrogen and oxygen atoms in total. The van der Waals surface area contributed by atoms with Gasteiger partial charge in [0.15, 0.2) is 5.78 Å². The number of fused-ring (bicyclic) bond motifs is 1. The summed E-state index contributed by atoms with van der Waals surface area (Å²) >= 11 is 6.12. The molecule has 4 rings (SSSR count). The highest BCUT2D eigenvalue weighted by Gasteiger charge is 2.31. The van der Waals surface area contributed by atoms with Crippen LogP contribution in [-0.2, 0) is 18.3 Å². The summed E-state index contributed by atoms with van der Waals surface area (Å²) in [5.74, 6) is -1.06. The first-order valence-electron chi connectivity index (χ1n) is 12.3. The van der Waals surface area contributed by atoms with E-state index in [1.54, 1.807) is 19.2 Å². The van der Waals surface area contributed by atoms with Gasteiger partial charge in [-0.2, -0.15) is 0 Å². The summed E-state index contributed by atoms with van der Waals surface area (Å²) in [7, 11) is 1.94. The Morgan fingerprint density at radius 1 is 1.25 bits per heavy atom. The highest BCUT2D eigenvalue weighted by molar-refractivity contribution is 6.30. The second-order valence-corrected chi connectivity index (χ2v) is 10.3. The number of carbonyl (C=O) groups excluding carboxylic acids is 1. The van der Waals surface area contributed by atoms with Gasteiger partial charge in [0.2, 0.25) is 5.69 Å². The van der Waals surface area contributed by atoms with Crippen LogP contribution in [-0.4, -0.2) is 50.9 Å². The van der Waals surface area contributed by atoms with Crippen molar-refractivity contribution in [2.75, 3.05) is 19.6 Å². The van der Waals surface area contributed by atoms with Gasteiger partial charge in [-0.1, -0.05) is 30.7 Å². The minimum atomic E-state index is -0.907. The van der Waals surface area contributed by atoms with Crippen molar-refractivity contribution < 1.29 is 14.7 Å². The fraction of sp³-hybridized carbons (Fsp3) is 0.429. The van der Waals surface area contributed by atoms with Gasteiger partial charge < -0.3 is 14.6 Å². The summed E-state index contributed by atoms with van der Waals surface area (Å²) in [4.78, 5) is 35.2. The van der Waals surface area contributed by atoms with E-state index in [2.05, 4.69) is 20.8 Å². The fourth-order valence-electron chi connectivity index (χ4n) is 5.35. The summed E-state index contributed by atoms with van der Waals surface area (Å²) in [5.41, 5.74) is 3.88. The maximum absolute atomic E-state index is 13.5. The molecule has 0 aliphatic carbocycles. The Labute approximate surface area is 216 Å². The molecule has 0 saturated carbocycles. The monoisotopic (exact) mass is 506 g/mol. The number of ketones is 1. The highest BCUT2D eigenvalue weighted by Crippen LogP contribution is 2.37. The average Bonchev–Trinajstić information content (AvgIpc) is 3.14. The van der Waals surface area contributed by atoms with E-state index in [4.69, 9.17) is 23.3 Å². The van der Waals surface area contributed by atoms with Gasteiger partial charge in [-0.05, 0) is 62.0 Å². The normalized spacial score (nSPS) is 15.6. The second kappa shape index (κ2) is 11.2. The van der Waals surface area contributed by atoms with Crippen molar-refractivity contribution in [3.63, 3.8) is 0 Å². The third kappa shape index (κ3) is 5.77. The molecule has 1 atom stereocenters. The number of aromatic nitrogens is 2. The lowest BCUT2D eigenvalue weighted by Crippen LogP contribution is -2.35. The van der Waals surface area contributed by atoms with Crippen LogP contribution in [0.3, 0.4) is 0 Å². The summed E-state index contributed by atoms with van der Waals surface area (Å²) in [6.45, 7) is 12.0. The van der Waals surface area contributed by atoms with Crippen molar-refractivity contribution in [1.29, 1.82) is 0 Å². The molecule has 0 amide bonds. The van der Waals surface area contributed by atoms with Gasteiger partial charge in [-0.25, -0.2) is 9.83 Å². The number of likely N-dealkylation sites (tertiary alicyclic amines) is 1. The lowest BCUT2D eigenvalue weighted by Gasteiger charge is -2.32. The van der Waals surface area contributed by atoms with Crippen LogP contribution in [0.4, 0.5) is 5.69 Å². The van der Waals surface area contributed by atoms with Crippen LogP contribution >= 0.6 is 11.6 Å². The Balaban J connectivity index is 1.56. The van der Waals surface area contributed by atoms with Crippen molar-refractivity contribution in [3.05, 3.63) is 69.8 Å². The van der Waals surface area contributed by atoms with E-state index < -0.39 is 5.97 Å². The van der Waals surface area contributed by atoms with Gasteiger partial charge in [-0.15, -0.1) is 0 Å². The second-order valence-electron chi connectivity index (χ2n) is 9.82. The van der Waals surface area contributed by atoms with Crippen molar-refractivity contribution in [2.45, 2.75) is 44.9 Å². The minimum Gasteiger partial charge on any atom is -0.481 e. The number of piperidine rings is 1. The number of aryl methyl sites for hydroxylation is 1. The zero-order chi connectivity index (χ0) is 25.8. The molecule has 0 spiro atoms. The van der Waals surface area contributed by atoms with Crippen molar-refractivity contribution in [2.24, 2.45) is 13.0 Å². The molecule has 3 aromatic rings. The zero-order valence-electron chi connectivity index (χ0n) is 20.7. The summed E-state index contributed by atoms with van der Waals surface area (Å²) < 4.78 is 2.00. The first kappa shape index (κ1) is 25.9. The number of hydrogen-bond donors (Lipinski definition) is 1. The largest absolute Gasteiger partial charge is 0.481 e. The standard InChI is InChI=1S/C28H31ClN4O3/c1-18(14-25(35)36)13-24(34)26-23-16-22(30-2)17-31-28(23)32(3)27(26)20-8-11-33(12-9-20)10-7-19-5-4-6-21(29)15-19/h4-6,15-18,20H,7-14H2,1,3H3,(H,35,36). The van der Waals surface area contributed by atoms with Crippen LogP contribution in [0.1, 0.15) is 60.1 Å². The van der Waals surface area contributed by atoms with E-state index >= 15 is 0 Å². The molecule has 1 aliphatic heterocycles. The maximum atomic E-state index is 13.5.